The lowest BCUT2D eigenvalue weighted by Crippen LogP contribution is -2.41. The second-order valence-corrected chi connectivity index (χ2v) is 7.61. The van der Waals surface area contributed by atoms with Crippen LogP contribution >= 0.6 is 11.3 Å². The zero-order chi connectivity index (χ0) is 14.9. The Hall–Kier alpha value is -1.70. The average Bonchev–Trinajstić information content (AvgIpc) is 3.11. The highest BCUT2D eigenvalue weighted by Crippen LogP contribution is 2.23. The number of hydrogen-bond acceptors (Lipinski definition) is 4. The van der Waals surface area contributed by atoms with E-state index in [1.54, 1.807) is 16.3 Å². The van der Waals surface area contributed by atoms with Gasteiger partial charge >= 0.3 is 0 Å². The van der Waals surface area contributed by atoms with Gasteiger partial charge in [0.25, 0.3) is 10.0 Å². The maximum Gasteiger partial charge on any atom is 0.250 e. The van der Waals surface area contributed by atoms with Crippen molar-refractivity contribution >= 4 is 33.0 Å². The van der Waals surface area contributed by atoms with Gasteiger partial charge in [-0.1, -0.05) is 24.3 Å². The summed E-state index contributed by atoms with van der Waals surface area (Å²) in [4.78, 5) is 14.0. The molecular formula is C14H14N2O3S2. The van der Waals surface area contributed by atoms with Crippen LogP contribution in [-0.4, -0.2) is 26.9 Å². The Kier molecular flexibility index (Phi) is 3.79. The number of sulfonamides is 1. The molecule has 1 aliphatic rings. The highest BCUT2D eigenvalue weighted by atomic mass is 32.2. The molecule has 1 aromatic carbocycles. The van der Waals surface area contributed by atoms with E-state index in [1.807, 2.05) is 30.3 Å². The van der Waals surface area contributed by atoms with E-state index in [1.165, 1.54) is 6.07 Å². The first-order valence-electron chi connectivity index (χ1n) is 6.50. The van der Waals surface area contributed by atoms with Crippen LogP contribution in [-0.2, 0) is 14.8 Å². The molecule has 1 amide bonds. The van der Waals surface area contributed by atoms with Crippen molar-refractivity contribution in [1.82, 2.24) is 4.72 Å². The normalized spacial score (nSPS) is 19.1. The van der Waals surface area contributed by atoms with E-state index in [0.717, 1.165) is 17.0 Å². The largest absolute Gasteiger partial charge is 0.311 e. The van der Waals surface area contributed by atoms with Gasteiger partial charge in [-0.2, -0.15) is 4.72 Å². The van der Waals surface area contributed by atoms with Gasteiger partial charge in [0.1, 0.15) is 10.3 Å². The van der Waals surface area contributed by atoms with E-state index in [4.69, 9.17) is 0 Å². The summed E-state index contributed by atoms with van der Waals surface area (Å²) >= 11 is 1.14. The van der Waals surface area contributed by atoms with Crippen LogP contribution in [0.4, 0.5) is 5.69 Å². The topological polar surface area (TPSA) is 66.5 Å². The Morgan fingerprint density at radius 1 is 1.14 bits per heavy atom. The van der Waals surface area contributed by atoms with Crippen LogP contribution in [0.25, 0.3) is 0 Å². The van der Waals surface area contributed by atoms with Crippen molar-refractivity contribution in [2.75, 3.05) is 11.4 Å². The molecule has 0 unspecified atom stereocenters. The van der Waals surface area contributed by atoms with Crippen molar-refractivity contribution in [2.24, 2.45) is 0 Å². The number of thiophene rings is 1. The highest BCUT2D eigenvalue weighted by Gasteiger charge is 2.35. The number of para-hydroxylation sites is 1. The maximum absolute atomic E-state index is 12.4. The lowest BCUT2D eigenvalue weighted by molar-refractivity contribution is -0.118. The van der Waals surface area contributed by atoms with Gasteiger partial charge in [-0.15, -0.1) is 11.3 Å². The fourth-order valence-corrected chi connectivity index (χ4v) is 4.55. The van der Waals surface area contributed by atoms with E-state index >= 15 is 0 Å². The molecule has 1 atom stereocenters. The fraction of sp³-hybridized carbons (Fsp3) is 0.214. The number of nitrogens with one attached hydrogen (secondary N) is 1. The summed E-state index contributed by atoms with van der Waals surface area (Å²) in [5, 5.41) is 1.70. The molecule has 1 saturated heterocycles. The van der Waals surface area contributed by atoms with Gasteiger partial charge in [-0.25, -0.2) is 8.42 Å². The third kappa shape index (κ3) is 2.85. The Bertz CT molecular complexity index is 727. The molecule has 1 aliphatic heterocycles. The molecular weight excluding hydrogens is 308 g/mol. The Morgan fingerprint density at radius 2 is 1.90 bits per heavy atom. The van der Waals surface area contributed by atoms with Crippen molar-refractivity contribution in [3.05, 3.63) is 47.8 Å². The Morgan fingerprint density at radius 3 is 2.57 bits per heavy atom. The van der Waals surface area contributed by atoms with Crippen LogP contribution in [0.5, 0.6) is 0 Å². The summed E-state index contributed by atoms with van der Waals surface area (Å²) in [6.45, 7) is 0.514. The molecule has 1 aromatic heterocycles. The van der Waals surface area contributed by atoms with Crippen LogP contribution in [0.3, 0.4) is 0 Å². The first kappa shape index (κ1) is 14.2. The summed E-state index contributed by atoms with van der Waals surface area (Å²) in [6, 6.07) is 11.8. The van der Waals surface area contributed by atoms with Gasteiger partial charge in [0.15, 0.2) is 0 Å². The number of carbonyl (C=O) groups is 1. The summed E-state index contributed by atoms with van der Waals surface area (Å²) < 4.78 is 27.1. The quantitative estimate of drug-likeness (QED) is 0.934. The number of anilines is 1. The van der Waals surface area contributed by atoms with E-state index < -0.39 is 16.1 Å². The van der Waals surface area contributed by atoms with Crippen molar-refractivity contribution in [3.63, 3.8) is 0 Å². The van der Waals surface area contributed by atoms with Crippen LogP contribution in [0.1, 0.15) is 6.42 Å². The SMILES string of the molecule is O=C1[C@H](NS(=O)(=O)c2cccs2)CCN1c1ccccc1. The van der Waals surface area contributed by atoms with E-state index in [-0.39, 0.29) is 10.1 Å². The molecule has 0 aliphatic carbocycles. The lowest BCUT2D eigenvalue weighted by Gasteiger charge is -2.17. The number of carbonyl (C=O) groups excluding carboxylic acids is 1. The minimum absolute atomic E-state index is 0.207. The molecule has 0 radical (unpaired) electrons. The van der Waals surface area contributed by atoms with E-state index in [9.17, 15) is 13.2 Å². The molecule has 110 valence electrons. The van der Waals surface area contributed by atoms with Gasteiger partial charge < -0.3 is 4.90 Å². The molecule has 7 heteroatoms. The van der Waals surface area contributed by atoms with Crippen LogP contribution < -0.4 is 9.62 Å². The standard InChI is InChI=1S/C14H14N2O3S2/c17-14-12(15-21(18,19)13-7-4-10-20-13)8-9-16(14)11-5-2-1-3-6-11/h1-7,10,12,15H,8-9H2/t12-/m1/s1. The predicted molar refractivity (Wildman–Crippen MR) is 81.8 cm³/mol. The molecule has 1 N–H and O–H groups in total. The fourth-order valence-electron chi connectivity index (χ4n) is 2.32. The molecule has 3 rings (SSSR count). The molecule has 0 bridgehead atoms. The summed E-state index contributed by atoms with van der Waals surface area (Å²) in [7, 11) is -3.62. The van der Waals surface area contributed by atoms with Crippen molar-refractivity contribution in [2.45, 2.75) is 16.7 Å². The van der Waals surface area contributed by atoms with Crippen LogP contribution in [0, 0.1) is 0 Å². The third-order valence-corrected chi connectivity index (χ3v) is 6.20. The summed E-state index contributed by atoms with van der Waals surface area (Å²) in [6.07, 6.45) is 0.471. The number of rotatable bonds is 4. The molecule has 1 fully saturated rings. The van der Waals surface area contributed by atoms with Crippen LogP contribution in [0.2, 0.25) is 0 Å². The first-order valence-corrected chi connectivity index (χ1v) is 8.86. The maximum atomic E-state index is 12.4. The Labute approximate surface area is 127 Å². The molecule has 2 aromatic rings. The minimum Gasteiger partial charge on any atom is -0.311 e. The van der Waals surface area contributed by atoms with Crippen molar-refractivity contribution in [1.29, 1.82) is 0 Å². The van der Waals surface area contributed by atoms with Gasteiger partial charge in [-0.05, 0) is 30.0 Å². The van der Waals surface area contributed by atoms with E-state index in [2.05, 4.69) is 4.72 Å². The second-order valence-electron chi connectivity index (χ2n) is 4.72. The molecule has 2 heterocycles. The third-order valence-electron chi connectivity index (χ3n) is 3.33. The average molecular weight is 322 g/mol. The Balaban J connectivity index is 1.76. The highest BCUT2D eigenvalue weighted by molar-refractivity contribution is 7.91. The van der Waals surface area contributed by atoms with E-state index in [0.29, 0.717) is 13.0 Å². The smallest absolute Gasteiger partial charge is 0.250 e. The molecule has 21 heavy (non-hydrogen) atoms. The number of nitrogens with zero attached hydrogens (tertiary/aromatic N) is 1. The second kappa shape index (κ2) is 5.59. The van der Waals surface area contributed by atoms with Gasteiger partial charge in [0, 0.05) is 12.2 Å². The number of amides is 1. The van der Waals surface area contributed by atoms with Gasteiger partial charge in [0.2, 0.25) is 5.91 Å². The van der Waals surface area contributed by atoms with Crippen LogP contribution in [0.15, 0.2) is 52.1 Å². The van der Waals surface area contributed by atoms with Crippen molar-refractivity contribution in [3.8, 4) is 0 Å². The molecule has 0 spiro atoms. The lowest BCUT2D eigenvalue weighted by atomic mass is 10.3. The summed E-state index contributed by atoms with van der Waals surface area (Å²) in [5.74, 6) is -0.207. The van der Waals surface area contributed by atoms with Crippen molar-refractivity contribution < 1.29 is 13.2 Å². The zero-order valence-electron chi connectivity index (χ0n) is 11.1. The molecule has 0 saturated carbocycles. The summed E-state index contributed by atoms with van der Waals surface area (Å²) in [5.41, 5.74) is 0.792. The van der Waals surface area contributed by atoms with Gasteiger partial charge in [0.05, 0.1) is 0 Å². The zero-order valence-corrected chi connectivity index (χ0v) is 12.7. The molecule has 5 nitrogen and oxygen atoms in total. The predicted octanol–water partition coefficient (Wildman–Crippen LogP) is 1.83. The van der Waals surface area contributed by atoms with Gasteiger partial charge in [-0.3, -0.25) is 4.79 Å². The minimum atomic E-state index is -3.62. The number of hydrogen-bond donors (Lipinski definition) is 1. The monoisotopic (exact) mass is 322 g/mol. The first-order chi connectivity index (χ1) is 10.1. The number of benzene rings is 1.